The fourth-order valence-corrected chi connectivity index (χ4v) is 0.994. The molecule has 0 aromatic rings. The van der Waals surface area contributed by atoms with Crippen molar-refractivity contribution in [3.05, 3.63) is 6.92 Å². The molecule has 2 heteroatoms. The Morgan fingerprint density at radius 1 is 1.27 bits per heavy atom. The molecular formula is C9H20NO. The zero-order valence-electron chi connectivity index (χ0n) is 7.51. The third-order valence-corrected chi connectivity index (χ3v) is 1.79. The van der Waals surface area contributed by atoms with Crippen molar-refractivity contribution in [1.82, 2.24) is 0 Å². The van der Waals surface area contributed by atoms with Gasteiger partial charge >= 0.3 is 0 Å². The van der Waals surface area contributed by atoms with Gasteiger partial charge in [0.2, 0.25) is 0 Å². The first-order chi connectivity index (χ1) is 5.31. The van der Waals surface area contributed by atoms with E-state index in [1.165, 1.54) is 25.7 Å². The summed E-state index contributed by atoms with van der Waals surface area (Å²) in [7, 11) is 1.65. The molecule has 0 heterocycles. The molecular weight excluding hydrogens is 138 g/mol. The van der Waals surface area contributed by atoms with Gasteiger partial charge in [-0.05, 0) is 12.8 Å². The first-order valence-corrected chi connectivity index (χ1v) is 4.39. The van der Waals surface area contributed by atoms with Crippen LogP contribution in [0.15, 0.2) is 0 Å². The van der Waals surface area contributed by atoms with Gasteiger partial charge in [-0.2, -0.15) is 0 Å². The molecule has 0 rings (SSSR count). The van der Waals surface area contributed by atoms with E-state index in [0.29, 0.717) is 0 Å². The zero-order valence-corrected chi connectivity index (χ0v) is 7.51. The van der Waals surface area contributed by atoms with Crippen molar-refractivity contribution in [2.75, 3.05) is 7.11 Å². The maximum Gasteiger partial charge on any atom is 0.105 e. The largest absolute Gasteiger partial charge is 0.367 e. The molecule has 0 fully saturated rings. The molecule has 67 valence electrons. The Balaban J connectivity index is 2.89. The van der Waals surface area contributed by atoms with E-state index in [1.807, 2.05) is 0 Å². The summed E-state index contributed by atoms with van der Waals surface area (Å²) < 4.78 is 4.92. The molecule has 0 saturated carbocycles. The van der Waals surface area contributed by atoms with Crippen LogP contribution in [0.5, 0.6) is 0 Å². The fourth-order valence-electron chi connectivity index (χ4n) is 0.994. The summed E-state index contributed by atoms with van der Waals surface area (Å²) >= 11 is 0. The molecule has 1 unspecified atom stereocenters. The standard InChI is InChI=1S/C9H20NO/c1-3-4-5-6-7-8-9(10)11-2/h9H,1,3-8,10H2,2H3. The first kappa shape index (κ1) is 10.9. The van der Waals surface area contributed by atoms with Crippen LogP contribution in [0.2, 0.25) is 0 Å². The smallest absolute Gasteiger partial charge is 0.105 e. The van der Waals surface area contributed by atoms with Gasteiger partial charge in [0.15, 0.2) is 0 Å². The Hall–Kier alpha value is -0.0800. The summed E-state index contributed by atoms with van der Waals surface area (Å²) in [5.74, 6) is 0. The highest BCUT2D eigenvalue weighted by molar-refractivity contribution is 4.50. The van der Waals surface area contributed by atoms with Gasteiger partial charge in [-0.3, -0.25) is 0 Å². The minimum atomic E-state index is -0.0604. The Morgan fingerprint density at radius 2 is 1.91 bits per heavy atom. The van der Waals surface area contributed by atoms with Crippen molar-refractivity contribution in [2.45, 2.75) is 44.8 Å². The monoisotopic (exact) mass is 158 g/mol. The maximum atomic E-state index is 5.55. The number of hydrogen-bond donors (Lipinski definition) is 1. The van der Waals surface area contributed by atoms with Crippen LogP contribution in [-0.2, 0) is 4.74 Å². The van der Waals surface area contributed by atoms with Gasteiger partial charge in [0.25, 0.3) is 0 Å². The zero-order chi connectivity index (χ0) is 8.53. The summed E-state index contributed by atoms with van der Waals surface area (Å²) in [6.45, 7) is 3.79. The molecule has 0 aliphatic heterocycles. The number of hydrogen-bond acceptors (Lipinski definition) is 2. The molecule has 0 bridgehead atoms. The van der Waals surface area contributed by atoms with Crippen LogP contribution in [0.1, 0.15) is 38.5 Å². The molecule has 2 N–H and O–H groups in total. The predicted octanol–water partition coefficient (Wildman–Crippen LogP) is 2.09. The Morgan fingerprint density at radius 3 is 2.45 bits per heavy atom. The van der Waals surface area contributed by atoms with Gasteiger partial charge in [-0.25, -0.2) is 0 Å². The van der Waals surface area contributed by atoms with E-state index in [0.717, 1.165) is 12.8 Å². The van der Waals surface area contributed by atoms with Crippen LogP contribution in [0.4, 0.5) is 0 Å². The average molecular weight is 158 g/mol. The summed E-state index contributed by atoms with van der Waals surface area (Å²) in [6.07, 6.45) is 6.92. The van der Waals surface area contributed by atoms with Crippen LogP contribution in [0, 0.1) is 6.92 Å². The second-order valence-electron chi connectivity index (χ2n) is 2.83. The molecule has 1 atom stereocenters. The fraction of sp³-hybridized carbons (Fsp3) is 0.889. The second kappa shape index (κ2) is 8.02. The number of unbranched alkanes of at least 4 members (excludes halogenated alkanes) is 4. The molecule has 2 nitrogen and oxygen atoms in total. The lowest BCUT2D eigenvalue weighted by Gasteiger charge is -2.07. The SMILES string of the molecule is [CH2]CCCCCCC(N)OC. The Labute approximate surface area is 70.1 Å². The highest BCUT2D eigenvalue weighted by Crippen LogP contribution is 2.05. The number of rotatable bonds is 7. The first-order valence-electron chi connectivity index (χ1n) is 4.39. The van der Waals surface area contributed by atoms with E-state index in [1.54, 1.807) is 7.11 Å². The molecule has 11 heavy (non-hydrogen) atoms. The number of ether oxygens (including phenoxy) is 1. The van der Waals surface area contributed by atoms with Crippen molar-refractivity contribution in [2.24, 2.45) is 5.73 Å². The van der Waals surface area contributed by atoms with Crippen molar-refractivity contribution in [3.63, 3.8) is 0 Å². The van der Waals surface area contributed by atoms with Crippen LogP contribution in [0.25, 0.3) is 0 Å². The van der Waals surface area contributed by atoms with E-state index in [2.05, 4.69) is 6.92 Å². The molecule has 0 aromatic heterocycles. The lowest BCUT2D eigenvalue weighted by atomic mass is 10.1. The highest BCUT2D eigenvalue weighted by Gasteiger charge is 1.97. The number of nitrogens with two attached hydrogens (primary N) is 1. The van der Waals surface area contributed by atoms with Crippen LogP contribution in [-0.4, -0.2) is 13.3 Å². The summed E-state index contributed by atoms with van der Waals surface area (Å²) in [5.41, 5.74) is 5.55. The molecule has 1 radical (unpaired) electrons. The number of methoxy groups -OCH3 is 1. The van der Waals surface area contributed by atoms with Gasteiger partial charge in [0.1, 0.15) is 6.23 Å². The van der Waals surface area contributed by atoms with E-state index < -0.39 is 0 Å². The van der Waals surface area contributed by atoms with E-state index >= 15 is 0 Å². The quantitative estimate of drug-likeness (QED) is 0.455. The molecule has 0 amide bonds. The van der Waals surface area contributed by atoms with Crippen LogP contribution < -0.4 is 5.73 Å². The molecule has 0 aromatic carbocycles. The maximum absolute atomic E-state index is 5.55. The lowest BCUT2D eigenvalue weighted by Crippen LogP contribution is -2.21. The minimum absolute atomic E-state index is 0.0604. The second-order valence-corrected chi connectivity index (χ2v) is 2.83. The van der Waals surface area contributed by atoms with E-state index in [4.69, 9.17) is 10.5 Å². The van der Waals surface area contributed by atoms with E-state index in [9.17, 15) is 0 Å². The highest BCUT2D eigenvalue weighted by atomic mass is 16.5. The van der Waals surface area contributed by atoms with Crippen LogP contribution >= 0.6 is 0 Å². The summed E-state index contributed by atoms with van der Waals surface area (Å²) in [5, 5.41) is 0. The third-order valence-electron chi connectivity index (χ3n) is 1.79. The van der Waals surface area contributed by atoms with Gasteiger partial charge in [-0.15, -0.1) is 0 Å². The van der Waals surface area contributed by atoms with Gasteiger partial charge in [-0.1, -0.05) is 32.6 Å². The minimum Gasteiger partial charge on any atom is -0.367 e. The lowest BCUT2D eigenvalue weighted by molar-refractivity contribution is 0.0984. The molecule has 0 saturated heterocycles. The molecule has 0 aliphatic rings. The summed E-state index contributed by atoms with van der Waals surface area (Å²) in [6, 6.07) is 0. The van der Waals surface area contributed by atoms with Crippen molar-refractivity contribution < 1.29 is 4.74 Å². The molecule has 0 aliphatic carbocycles. The topological polar surface area (TPSA) is 35.2 Å². The van der Waals surface area contributed by atoms with Gasteiger partial charge < -0.3 is 10.5 Å². The third kappa shape index (κ3) is 7.82. The average Bonchev–Trinajstić information content (AvgIpc) is 2.04. The Bertz CT molecular complexity index is 76.0. The van der Waals surface area contributed by atoms with Crippen molar-refractivity contribution in [1.29, 1.82) is 0 Å². The van der Waals surface area contributed by atoms with Gasteiger partial charge in [0, 0.05) is 7.11 Å². The normalized spacial score (nSPS) is 13.4. The predicted molar refractivity (Wildman–Crippen MR) is 48.0 cm³/mol. The molecule has 0 spiro atoms. The van der Waals surface area contributed by atoms with Gasteiger partial charge in [0.05, 0.1) is 0 Å². The van der Waals surface area contributed by atoms with Crippen molar-refractivity contribution in [3.8, 4) is 0 Å². The Kier molecular flexibility index (Phi) is 7.96. The van der Waals surface area contributed by atoms with Crippen molar-refractivity contribution >= 4 is 0 Å². The van der Waals surface area contributed by atoms with Crippen LogP contribution in [0.3, 0.4) is 0 Å². The van der Waals surface area contributed by atoms with E-state index in [-0.39, 0.29) is 6.23 Å². The summed E-state index contributed by atoms with van der Waals surface area (Å²) in [4.78, 5) is 0.